The van der Waals surface area contributed by atoms with Gasteiger partial charge in [-0.15, -0.1) is 0 Å². The molecule has 3 saturated heterocycles. The molecule has 2 aromatic heterocycles. The van der Waals surface area contributed by atoms with Crippen LogP contribution in [0.15, 0.2) is 18.2 Å². The van der Waals surface area contributed by atoms with Crippen molar-refractivity contribution in [2.45, 2.75) is 103 Å². The van der Waals surface area contributed by atoms with Gasteiger partial charge >= 0.3 is 18.2 Å². The summed E-state index contributed by atoms with van der Waals surface area (Å²) in [4.78, 5) is 45.3. The van der Waals surface area contributed by atoms with Crippen molar-refractivity contribution in [2.24, 2.45) is 0 Å². The largest absolute Gasteiger partial charge is 0.459 e. The Kier molecular flexibility index (Phi) is 10.5. The number of likely N-dealkylation sites (tertiary alicyclic amines) is 2. The first-order valence-electron chi connectivity index (χ1n) is 18.4. The number of aromatic nitrogens is 3. The molecule has 0 aliphatic carbocycles. The van der Waals surface area contributed by atoms with Gasteiger partial charge in [0.25, 0.3) is 0 Å². The SMILES string of the molecule is C[C@@H](CN1CCC(F)C1)Oc1nc(N2C3CCC2CN(C(=O)OC(C)(C)C)C3)c2cc(Cl)c(-c3ccc(F)c4sc(NC(=O)OC(C)(C)C)nc34)c(F)c2n1. The molecule has 2 bridgehead atoms. The number of amides is 2. The summed E-state index contributed by atoms with van der Waals surface area (Å²) in [5.41, 5.74) is -1.31. The maximum atomic E-state index is 17.2. The highest BCUT2D eigenvalue weighted by atomic mass is 35.5. The van der Waals surface area contributed by atoms with E-state index >= 15 is 8.78 Å². The summed E-state index contributed by atoms with van der Waals surface area (Å²) < 4.78 is 63.7. The maximum Gasteiger partial charge on any atom is 0.413 e. The first-order valence-corrected chi connectivity index (χ1v) is 19.6. The van der Waals surface area contributed by atoms with Gasteiger partial charge in [0.15, 0.2) is 10.9 Å². The molecule has 296 valence electrons. The second-order valence-corrected chi connectivity index (χ2v) is 17.8. The Labute approximate surface area is 326 Å². The molecular formula is C38H45ClF3N7O5S. The predicted molar refractivity (Wildman–Crippen MR) is 206 cm³/mol. The Balaban J connectivity index is 1.30. The van der Waals surface area contributed by atoms with Crippen molar-refractivity contribution in [3.05, 3.63) is 34.9 Å². The van der Waals surface area contributed by atoms with Crippen LogP contribution in [-0.2, 0) is 9.47 Å². The number of hydrogen-bond donors (Lipinski definition) is 1. The lowest BCUT2D eigenvalue weighted by molar-refractivity contribution is 0.0209. The van der Waals surface area contributed by atoms with E-state index in [0.29, 0.717) is 50.3 Å². The number of carbonyl (C=O) groups excluding carboxylic acids is 2. The molecule has 5 heterocycles. The number of benzene rings is 2. The van der Waals surface area contributed by atoms with Crippen LogP contribution in [-0.4, -0.2) is 105 Å². The average Bonchev–Trinajstić information content (AvgIpc) is 3.75. The number of hydrogen-bond acceptors (Lipinski definition) is 11. The fraction of sp³-hybridized carbons (Fsp3) is 0.553. The summed E-state index contributed by atoms with van der Waals surface area (Å²) >= 11 is 7.82. The first kappa shape index (κ1) is 39.1. The normalized spacial score (nSPS) is 21.0. The summed E-state index contributed by atoms with van der Waals surface area (Å²) in [6, 6.07) is 3.77. The lowest BCUT2D eigenvalue weighted by atomic mass is 10.0. The highest BCUT2D eigenvalue weighted by Crippen LogP contribution is 2.45. The molecule has 2 aromatic carbocycles. The van der Waals surface area contributed by atoms with Crippen LogP contribution in [0.4, 0.5) is 33.7 Å². The van der Waals surface area contributed by atoms with Crippen LogP contribution in [0, 0.1) is 11.6 Å². The average molecular weight is 804 g/mol. The van der Waals surface area contributed by atoms with E-state index in [1.165, 1.54) is 12.1 Å². The number of anilines is 2. The van der Waals surface area contributed by atoms with Crippen molar-refractivity contribution in [2.75, 3.05) is 42.9 Å². The van der Waals surface area contributed by atoms with Crippen molar-refractivity contribution >= 4 is 67.2 Å². The minimum absolute atomic E-state index is 0.00833. The second-order valence-electron chi connectivity index (χ2n) is 16.4. The number of halogens is 4. The molecule has 1 N–H and O–H groups in total. The Hall–Kier alpha value is -4.15. The molecular weight excluding hydrogens is 759 g/mol. The number of alkyl halides is 1. The fourth-order valence-corrected chi connectivity index (χ4v) is 8.71. The van der Waals surface area contributed by atoms with Gasteiger partial charge in [-0.3, -0.25) is 10.2 Å². The quantitative estimate of drug-likeness (QED) is 0.195. The molecule has 3 aliphatic heterocycles. The maximum absolute atomic E-state index is 17.2. The van der Waals surface area contributed by atoms with Gasteiger partial charge < -0.3 is 24.0 Å². The van der Waals surface area contributed by atoms with Crippen molar-refractivity contribution in [3.63, 3.8) is 0 Å². The van der Waals surface area contributed by atoms with Crippen LogP contribution >= 0.6 is 22.9 Å². The van der Waals surface area contributed by atoms with Crippen LogP contribution < -0.4 is 15.0 Å². The van der Waals surface area contributed by atoms with E-state index in [2.05, 4.69) is 20.2 Å². The first-order chi connectivity index (χ1) is 25.8. The molecule has 55 heavy (non-hydrogen) atoms. The van der Waals surface area contributed by atoms with E-state index in [-0.39, 0.29) is 55.1 Å². The molecule has 17 heteroatoms. The topological polar surface area (TPSA) is 122 Å². The third-order valence-electron chi connectivity index (χ3n) is 9.63. The van der Waals surface area contributed by atoms with Gasteiger partial charge in [-0.2, -0.15) is 9.97 Å². The van der Waals surface area contributed by atoms with Gasteiger partial charge in [0.05, 0.1) is 15.2 Å². The minimum atomic E-state index is -0.900. The number of carbonyl (C=O) groups is 2. The third kappa shape index (κ3) is 8.36. The predicted octanol–water partition coefficient (Wildman–Crippen LogP) is 8.58. The fourth-order valence-electron chi connectivity index (χ4n) is 7.53. The number of rotatable bonds is 7. The molecule has 2 amide bonds. The van der Waals surface area contributed by atoms with Crippen LogP contribution in [0.3, 0.4) is 0 Å². The number of fused-ring (bicyclic) bond motifs is 4. The zero-order valence-corrected chi connectivity index (χ0v) is 33.4. The van der Waals surface area contributed by atoms with E-state index in [4.69, 9.17) is 30.8 Å². The Morgan fingerprint density at radius 2 is 1.67 bits per heavy atom. The zero-order valence-electron chi connectivity index (χ0n) is 31.8. The lowest BCUT2D eigenvalue weighted by Gasteiger charge is -2.42. The Morgan fingerprint density at radius 3 is 2.31 bits per heavy atom. The summed E-state index contributed by atoms with van der Waals surface area (Å²) in [7, 11) is 0. The standard InChI is InChI=1S/C38H45ClF3N7O5S/c1-19(15-47-13-12-20(40)16-47)52-33-43-29-24(32(45-33)49-21-8-9-22(49)18-48(17-21)36(51)54-38(5,6)7)14-25(39)27(28(29)42)23-10-11-26(41)31-30(23)44-34(55-31)46-35(50)53-37(2,3)4/h10-11,14,19-22H,8-9,12-13,15-18H2,1-7H3,(H,44,46,50)/t19-,20?,21?,22?/m0/s1. The van der Waals surface area contributed by atoms with Gasteiger partial charge in [-0.25, -0.2) is 27.7 Å². The van der Waals surface area contributed by atoms with E-state index in [1.54, 1.807) is 31.7 Å². The molecule has 3 aliphatic rings. The number of nitrogens with one attached hydrogen (secondary N) is 1. The zero-order chi connectivity index (χ0) is 39.6. The van der Waals surface area contributed by atoms with Crippen molar-refractivity contribution < 1.29 is 37.0 Å². The van der Waals surface area contributed by atoms with Gasteiger partial charge in [0.1, 0.15) is 40.6 Å². The van der Waals surface area contributed by atoms with E-state index in [0.717, 1.165) is 24.2 Å². The van der Waals surface area contributed by atoms with Crippen LogP contribution in [0.2, 0.25) is 5.02 Å². The molecule has 0 spiro atoms. The minimum Gasteiger partial charge on any atom is -0.459 e. The smallest absolute Gasteiger partial charge is 0.413 e. The van der Waals surface area contributed by atoms with Crippen LogP contribution in [0.1, 0.15) is 67.7 Å². The van der Waals surface area contributed by atoms with E-state index in [9.17, 15) is 14.0 Å². The van der Waals surface area contributed by atoms with Crippen molar-refractivity contribution in [3.8, 4) is 17.1 Å². The molecule has 3 fully saturated rings. The molecule has 0 radical (unpaired) electrons. The molecule has 4 atom stereocenters. The Bertz CT molecular complexity index is 2130. The second kappa shape index (κ2) is 14.7. The molecule has 4 aromatic rings. The van der Waals surface area contributed by atoms with E-state index < -0.39 is 47.3 Å². The number of nitrogens with zero attached hydrogens (tertiary/aromatic N) is 6. The number of ether oxygens (including phenoxy) is 3. The number of piperazine rings is 1. The van der Waals surface area contributed by atoms with Crippen molar-refractivity contribution in [1.82, 2.24) is 24.8 Å². The number of thiazole rings is 1. The van der Waals surface area contributed by atoms with Gasteiger partial charge in [-0.05, 0) is 85.9 Å². The summed E-state index contributed by atoms with van der Waals surface area (Å²) in [5.74, 6) is -1.01. The summed E-state index contributed by atoms with van der Waals surface area (Å²) in [6.07, 6.45) is -0.576. The monoisotopic (exact) mass is 803 g/mol. The van der Waals surface area contributed by atoms with Gasteiger partial charge in [0, 0.05) is 61.3 Å². The summed E-state index contributed by atoms with van der Waals surface area (Å²) in [5, 5.41) is 2.93. The molecule has 3 unspecified atom stereocenters. The third-order valence-corrected chi connectivity index (χ3v) is 10.9. The van der Waals surface area contributed by atoms with E-state index in [1.807, 2.05) is 32.6 Å². The lowest BCUT2D eigenvalue weighted by Crippen LogP contribution is -2.56. The van der Waals surface area contributed by atoms with Crippen molar-refractivity contribution in [1.29, 1.82) is 0 Å². The van der Waals surface area contributed by atoms with Gasteiger partial charge in [-0.1, -0.05) is 22.9 Å². The highest BCUT2D eigenvalue weighted by molar-refractivity contribution is 7.22. The van der Waals surface area contributed by atoms with Gasteiger partial charge in [0.2, 0.25) is 0 Å². The molecule has 7 rings (SSSR count). The molecule has 0 saturated carbocycles. The molecule has 12 nitrogen and oxygen atoms in total. The Morgan fingerprint density at radius 1 is 0.982 bits per heavy atom. The van der Waals surface area contributed by atoms with Crippen LogP contribution in [0.25, 0.3) is 32.2 Å². The highest BCUT2D eigenvalue weighted by Gasteiger charge is 2.44. The van der Waals surface area contributed by atoms with Crippen LogP contribution in [0.5, 0.6) is 6.01 Å². The summed E-state index contributed by atoms with van der Waals surface area (Å²) in [6.45, 7) is 14.5.